The molecular formula is C12H17NO3S. The summed E-state index contributed by atoms with van der Waals surface area (Å²) in [7, 11) is -3.73. The first-order valence-corrected chi connectivity index (χ1v) is 7.27. The molecule has 1 aromatic carbocycles. The second kappa shape index (κ2) is 4.40. The third-order valence-corrected chi connectivity index (χ3v) is 4.60. The van der Waals surface area contributed by atoms with Crippen molar-refractivity contribution >= 4 is 10.0 Å². The van der Waals surface area contributed by atoms with Gasteiger partial charge in [0.2, 0.25) is 10.0 Å². The molecule has 0 aliphatic heterocycles. The van der Waals surface area contributed by atoms with Crippen molar-refractivity contribution < 1.29 is 13.5 Å². The highest BCUT2D eigenvalue weighted by atomic mass is 32.2. The molecule has 3 N–H and O–H groups in total. The Morgan fingerprint density at radius 1 is 1.24 bits per heavy atom. The first kappa shape index (κ1) is 12.5. The molecule has 94 valence electrons. The first-order valence-electron chi connectivity index (χ1n) is 5.73. The van der Waals surface area contributed by atoms with Crippen molar-refractivity contribution in [1.82, 2.24) is 0 Å². The predicted octanol–water partition coefficient (Wildman–Crippen LogP) is 1.14. The molecule has 0 unspecified atom stereocenters. The topological polar surface area (TPSA) is 80.4 Å². The van der Waals surface area contributed by atoms with Crippen LogP contribution < -0.4 is 5.14 Å². The van der Waals surface area contributed by atoms with E-state index >= 15 is 0 Å². The van der Waals surface area contributed by atoms with Crippen LogP contribution in [0, 0.1) is 0 Å². The molecule has 1 aromatic rings. The molecule has 1 saturated carbocycles. The van der Waals surface area contributed by atoms with Gasteiger partial charge in [0.1, 0.15) is 0 Å². The molecule has 0 spiro atoms. The summed E-state index contributed by atoms with van der Waals surface area (Å²) in [4.78, 5) is 0.149. The van der Waals surface area contributed by atoms with E-state index in [1.807, 2.05) is 0 Å². The minimum atomic E-state index is -3.73. The van der Waals surface area contributed by atoms with Crippen LogP contribution in [-0.4, -0.2) is 20.1 Å². The minimum absolute atomic E-state index is 0.0282. The third-order valence-electron chi connectivity index (χ3n) is 3.63. The lowest BCUT2D eigenvalue weighted by atomic mass is 9.80. The summed E-state index contributed by atoms with van der Waals surface area (Å²) in [6.07, 6.45) is 3.66. The van der Waals surface area contributed by atoms with Crippen LogP contribution in [0.1, 0.15) is 31.2 Å². The highest BCUT2D eigenvalue weighted by Gasteiger charge is 2.38. The summed E-state index contributed by atoms with van der Waals surface area (Å²) in [5.74, 6) is 0. The zero-order chi connectivity index (χ0) is 12.5. The van der Waals surface area contributed by atoms with Gasteiger partial charge in [-0.1, -0.05) is 31.0 Å². The molecule has 0 bridgehead atoms. The van der Waals surface area contributed by atoms with Gasteiger partial charge in [-0.3, -0.25) is 0 Å². The summed E-state index contributed by atoms with van der Waals surface area (Å²) in [6, 6.07) is 6.73. The molecule has 17 heavy (non-hydrogen) atoms. The van der Waals surface area contributed by atoms with Crippen LogP contribution in [0.3, 0.4) is 0 Å². The van der Waals surface area contributed by atoms with E-state index in [-0.39, 0.29) is 11.5 Å². The zero-order valence-corrected chi connectivity index (χ0v) is 10.4. The average molecular weight is 255 g/mol. The quantitative estimate of drug-likeness (QED) is 0.849. The Balaban J connectivity index is 2.59. The molecule has 1 fully saturated rings. The summed E-state index contributed by atoms with van der Waals surface area (Å²) in [5.41, 5.74) is 0.241. The van der Waals surface area contributed by atoms with Gasteiger partial charge < -0.3 is 5.11 Å². The summed E-state index contributed by atoms with van der Waals surface area (Å²) in [5, 5.41) is 14.9. The van der Waals surface area contributed by atoms with Gasteiger partial charge in [0, 0.05) is 5.41 Å². The lowest BCUT2D eigenvalue weighted by molar-refractivity contribution is 0.193. The molecule has 0 aromatic heterocycles. The van der Waals surface area contributed by atoms with Crippen molar-refractivity contribution in [2.45, 2.75) is 36.0 Å². The number of hydrogen-bond acceptors (Lipinski definition) is 3. The van der Waals surface area contributed by atoms with Crippen LogP contribution in [0.25, 0.3) is 0 Å². The van der Waals surface area contributed by atoms with Gasteiger partial charge in [-0.2, -0.15) is 0 Å². The Morgan fingerprint density at radius 2 is 1.82 bits per heavy atom. The smallest absolute Gasteiger partial charge is 0.238 e. The molecule has 4 nitrogen and oxygen atoms in total. The molecule has 0 atom stereocenters. The molecule has 5 heteroatoms. The van der Waals surface area contributed by atoms with Gasteiger partial charge >= 0.3 is 0 Å². The molecule has 1 aliphatic rings. The van der Waals surface area contributed by atoms with E-state index in [1.54, 1.807) is 18.2 Å². The molecule has 2 rings (SSSR count). The maximum absolute atomic E-state index is 11.6. The largest absolute Gasteiger partial charge is 0.395 e. The molecular weight excluding hydrogens is 238 g/mol. The van der Waals surface area contributed by atoms with Crippen LogP contribution in [0.15, 0.2) is 29.2 Å². The SMILES string of the molecule is NS(=O)(=O)c1ccccc1C1(CO)CCCC1. The average Bonchev–Trinajstić information content (AvgIpc) is 2.78. The summed E-state index contributed by atoms with van der Waals surface area (Å²) in [6.45, 7) is -0.0282. The maximum Gasteiger partial charge on any atom is 0.238 e. The monoisotopic (exact) mass is 255 g/mol. The number of benzene rings is 1. The van der Waals surface area contributed by atoms with Crippen molar-refractivity contribution in [3.05, 3.63) is 29.8 Å². The lowest BCUT2D eigenvalue weighted by Crippen LogP contribution is -2.30. The number of sulfonamides is 1. The van der Waals surface area contributed by atoms with Crippen LogP contribution in [0.4, 0.5) is 0 Å². The van der Waals surface area contributed by atoms with Crippen LogP contribution in [-0.2, 0) is 15.4 Å². The van der Waals surface area contributed by atoms with E-state index in [2.05, 4.69) is 0 Å². The van der Waals surface area contributed by atoms with E-state index < -0.39 is 15.4 Å². The molecule has 1 aliphatic carbocycles. The molecule has 0 heterocycles. The van der Waals surface area contributed by atoms with Crippen molar-refractivity contribution in [2.24, 2.45) is 5.14 Å². The molecule has 0 saturated heterocycles. The Morgan fingerprint density at radius 3 is 2.35 bits per heavy atom. The molecule has 0 amide bonds. The number of aliphatic hydroxyl groups is 1. The van der Waals surface area contributed by atoms with E-state index in [0.29, 0.717) is 5.56 Å². The van der Waals surface area contributed by atoms with Crippen molar-refractivity contribution in [3.8, 4) is 0 Å². The maximum atomic E-state index is 11.6. The van der Waals surface area contributed by atoms with Gasteiger partial charge in [-0.15, -0.1) is 0 Å². The Kier molecular flexibility index (Phi) is 3.25. The fourth-order valence-electron chi connectivity index (χ4n) is 2.72. The number of hydrogen-bond donors (Lipinski definition) is 2. The van der Waals surface area contributed by atoms with E-state index in [0.717, 1.165) is 25.7 Å². The summed E-state index contributed by atoms with van der Waals surface area (Å²) >= 11 is 0. The lowest BCUT2D eigenvalue weighted by Gasteiger charge is -2.28. The fourth-order valence-corrected chi connectivity index (χ4v) is 3.58. The van der Waals surface area contributed by atoms with Crippen molar-refractivity contribution in [3.63, 3.8) is 0 Å². The fraction of sp³-hybridized carbons (Fsp3) is 0.500. The van der Waals surface area contributed by atoms with E-state index in [4.69, 9.17) is 5.14 Å². The predicted molar refractivity (Wildman–Crippen MR) is 65.0 cm³/mol. The van der Waals surface area contributed by atoms with Crippen LogP contribution in [0.5, 0.6) is 0 Å². The third kappa shape index (κ3) is 2.22. The highest BCUT2D eigenvalue weighted by molar-refractivity contribution is 7.89. The number of aliphatic hydroxyl groups excluding tert-OH is 1. The van der Waals surface area contributed by atoms with Crippen LogP contribution >= 0.6 is 0 Å². The second-order valence-corrected chi connectivity index (χ2v) is 6.22. The standard InChI is InChI=1S/C12H17NO3S/c13-17(15,16)11-6-2-1-5-10(11)12(9-14)7-3-4-8-12/h1-2,5-6,14H,3-4,7-9H2,(H2,13,15,16). The van der Waals surface area contributed by atoms with Crippen LogP contribution in [0.2, 0.25) is 0 Å². The van der Waals surface area contributed by atoms with Crippen molar-refractivity contribution in [1.29, 1.82) is 0 Å². The van der Waals surface area contributed by atoms with E-state index in [9.17, 15) is 13.5 Å². The Labute approximate surface area is 102 Å². The van der Waals surface area contributed by atoms with Gasteiger partial charge in [-0.05, 0) is 24.5 Å². The van der Waals surface area contributed by atoms with Crippen molar-refractivity contribution in [2.75, 3.05) is 6.61 Å². The molecule has 0 radical (unpaired) electrons. The number of rotatable bonds is 3. The van der Waals surface area contributed by atoms with Gasteiger partial charge in [0.15, 0.2) is 0 Å². The minimum Gasteiger partial charge on any atom is -0.395 e. The normalized spacial score (nSPS) is 19.4. The van der Waals surface area contributed by atoms with Gasteiger partial charge in [0.25, 0.3) is 0 Å². The van der Waals surface area contributed by atoms with E-state index in [1.165, 1.54) is 6.07 Å². The highest BCUT2D eigenvalue weighted by Crippen LogP contribution is 2.42. The second-order valence-electron chi connectivity index (χ2n) is 4.69. The zero-order valence-electron chi connectivity index (χ0n) is 9.59. The summed E-state index contributed by atoms with van der Waals surface area (Å²) < 4.78 is 23.1. The number of primary sulfonamides is 1. The number of nitrogens with two attached hydrogens (primary N) is 1. The Bertz CT molecular complexity index is 504. The first-order chi connectivity index (χ1) is 7.99. The van der Waals surface area contributed by atoms with Gasteiger partial charge in [-0.25, -0.2) is 13.6 Å². The Hall–Kier alpha value is -0.910. The van der Waals surface area contributed by atoms with Gasteiger partial charge in [0.05, 0.1) is 11.5 Å².